The summed E-state index contributed by atoms with van der Waals surface area (Å²) in [5.74, 6) is -0.342. The maximum atomic E-state index is 12.7. The fraction of sp³-hybridized carbons (Fsp3) is 0.250. The van der Waals surface area contributed by atoms with Crippen LogP contribution in [0.4, 0.5) is 5.13 Å². The standard InChI is InChI=1S/C20H19N3O5S2/c1-3-9-23-19(25)14-7-5-12(10-17(14)30(23,26)27)18(24)22-20-21-15-8-6-13(28-4-2)11-16(15)29-20/h5-8,10-11H,3-4,9H2,1-2H3,(H,21,22,24). The highest BCUT2D eigenvalue weighted by atomic mass is 32.2. The molecule has 0 unspecified atom stereocenters. The molecular weight excluding hydrogens is 426 g/mol. The zero-order chi connectivity index (χ0) is 21.5. The fourth-order valence-electron chi connectivity index (χ4n) is 3.22. The Morgan fingerprint density at radius 3 is 2.73 bits per heavy atom. The Bertz CT molecular complexity index is 1270. The van der Waals surface area contributed by atoms with Gasteiger partial charge in [0.25, 0.3) is 21.8 Å². The summed E-state index contributed by atoms with van der Waals surface area (Å²) in [5.41, 5.74) is 0.942. The van der Waals surface area contributed by atoms with Crippen LogP contribution in [0.15, 0.2) is 41.3 Å². The lowest BCUT2D eigenvalue weighted by Gasteiger charge is -2.13. The fourth-order valence-corrected chi connectivity index (χ4v) is 5.80. The van der Waals surface area contributed by atoms with E-state index in [1.165, 1.54) is 29.5 Å². The van der Waals surface area contributed by atoms with E-state index in [-0.39, 0.29) is 22.6 Å². The molecule has 3 aromatic rings. The van der Waals surface area contributed by atoms with Gasteiger partial charge in [-0.3, -0.25) is 14.9 Å². The summed E-state index contributed by atoms with van der Waals surface area (Å²) in [6, 6.07) is 9.53. The van der Waals surface area contributed by atoms with Crippen molar-refractivity contribution in [1.82, 2.24) is 9.29 Å². The van der Waals surface area contributed by atoms with Crippen molar-refractivity contribution < 1.29 is 22.7 Å². The zero-order valence-corrected chi connectivity index (χ0v) is 18.0. The number of anilines is 1. The molecule has 10 heteroatoms. The number of aromatic nitrogens is 1. The maximum absolute atomic E-state index is 12.7. The quantitative estimate of drug-likeness (QED) is 0.623. The molecule has 8 nitrogen and oxygen atoms in total. The van der Waals surface area contributed by atoms with E-state index in [0.717, 1.165) is 20.3 Å². The van der Waals surface area contributed by atoms with Crippen molar-refractivity contribution in [3.63, 3.8) is 0 Å². The van der Waals surface area contributed by atoms with Crippen LogP contribution in [0, 0.1) is 0 Å². The Labute approximate surface area is 177 Å². The van der Waals surface area contributed by atoms with E-state index in [1.807, 2.05) is 25.1 Å². The smallest absolute Gasteiger partial charge is 0.269 e. The summed E-state index contributed by atoms with van der Waals surface area (Å²) >= 11 is 1.29. The number of hydrogen-bond acceptors (Lipinski definition) is 7. The number of hydrogen-bond donors (Lipinski definition) is 1. The molecular formula is C20H19N3O5S2. The lowest BCUT2D eigenvalue weighted by Crippen LogP contribution is -2.30. The first-order chi connectivity index (χ1) is 14.3. The van der Waals surface area contributed by atoms with Gasteiger partial charge in [0.2, 0.25) is 0 Å². The molecule has 1 N–H and O–H groups in total. The van der Waals surface area contributed by atoms with Gasteiger partial charge in [0.15, 0.2) is 5.13 Å². The van der Waals surface area contributed by atoms with Crippen molar-refractivity contribution in [2.75, 3.05) is 18.5 Å². The molecule has 156 valence electrons. The van der Waals surface area contributed by atoms with Gasteiger partial charge >= 0.3 is 0 Å². The van der Waals surface area contributed by atoms with E-state index < -0.39 is 21.8 Å². The number of carbonyl (C=O) groups is 2. The van der Waals surface area contributed by atoms with Crippen LogP contribution in [0.1, 0.15) is 41.0 Å². The van der Waals surface area contributed by atoms with Crippen molar-refractivity contribution in [1.29, 1.82) is 0 Å². The summed E-state index contributed by atoms with van der Waals surface area (Å²) in [6.07, 6.45) is 0.509. The Balaban J connectivity index is 1.60. The molecule has 4 rings (SSSR count). The molecule has 0 atom stereocenters. The third kappa shape index (κ3) is 3.41. The average molecular weight is 446 g/mol. The van der Waals surface area contributed by atoms with Crippen LogP contribution in [0.25, 0.3) is 10.2 Å². The van der Waals surface area contributed by atoms with Gasteiger partial charge in [-0.25, -0.2) is 17.7 Å². The van der Waals surface area contributed by atoms with Crippen LogP contribution >= 0.6 is 11.3 Å². The molecule has 30 heavy (non-hydrogen) atoms. The highest BCUT2D eigenvalue weighted by Crippen LogP contribution is 2.32. The van der Waals surface area contributed by atoms with Crippen molar-refractivity contribution in [2.45, 2.75) is 25.2 Å². The monoisotopic (exact) mass is 445 g/mol. The van der Waals surface area contributed by atoms with Crippen molar-refractivity contribution in [3.8, 4) is 5.75 Å². The SMILES string of the molecule is CCCN1C(=O)c2ccc(C(=O)Nc3nc4ccc(OCC)cc4s3)cc2S1(=O)=O. The molecule has 1 aliphatic rings. The second-order valence-corrected chi connectivity index (χ2v) is 9.49. The molecule has 0 saturated heterocycles. The van der Waals surface area contributed by atoms with E-state index in [1.54, 1.807) is 6.92 Å². The first-order valence-corrected chi connectivity index (χ1v) is 11.7. The lowest BCUT2D eigenvalue weighted by atomic mass is 10.1. The van der Waals surface area contributed by atoms with Gasteiger partial charge in [0.05, 0.1) is 22.4 Å². The third-order valence-corrected chi connectivity index (χ3v) is 7.34. The van der Waals surface area contributed by atoms with Gasteiger partial charge in [-0.1, -0.05) is 18.3 Å². The van der Waals surface area contributed by atoms with E-state index in [2.05, 4.69) is 10.3 Å². The third-order valence-electron chi connectivity index (χ3n) is 4.59. The highest BCUT2D eigenvalue weighted by molar-refractivity contribution is 7.90. The molecule has 1 aromatic heterocycles. The summed E-state index contributed by atoms with van der Waals surface area (Å²) in [6.45, 7) is 4.34. The van der Waals surface area contributed by atoms with Gasteiger partial charge in [-0.05, 0) is 49.7 Å². The number of nitrogens with one attached hydrogen (secondary N) is 1. The average Bonchev–Trinajstić information content (AvgIpc) is 3.19. The molecule has 2 amide bonds. The predicted molar refractivity (Wildman–Crippen MR) is 114 cm³/mol. The summed E-state index contributed by atoms with van der Waals surface area (Å²) < 4.78 is 32.5. The Hall–Kier alpha value is -2.98. The van der Waals surface area contributed by atoms with E-state index in [4.69, 9.17) is 4.74 Å². The van der Waals surface area contributed by atoms with Crippen LogP contribution in [-0.4, -0.2) is 42.7 Å². The molecule has 2 heterocycles. The largest absolute Gasteiger partial charge is 0.494 e. The van der Waals surface area contributed by atoms with Crippen molar-refractivity contribution in [3.05, 3.63) is 47.5 Å². The van der Waals surface area contributed by atoms with E-state index in [0.29, 0.717) is 18.2 Å². The Kier molecular flexibility index (Phi) is 5.20. The Morgan fingerprint density at radius 1 is 1.20 bits per heavy atom. The van der Waals surface area contributed by atoms with Gasteiger partial charge in [-0.2, -0.15) is 0 Å². The molecule has 0 radical (unpaired) electrons. The first-order valence-electron chi connectivity index (χ1n) is 9.41. The number of fused-ring (bicyclic) bond motifs is 2. The molecule has 2 aromatic carbocycles. The minimum Gasteiger partial charge on any atom is -0.494 e. The lowest BCUT2D eigenvalue weighted by molar-refractivity contribution is 0.0870. The van der Waals surface area contributed by atoms with Crippen LogP contribution in [-0.2, 0) is 10.0 Å². The second kappa shape index (κ2) is 7.69. The van der Waals surface area contributed by atoms with E-state index in [9.17, 15) is 18.0 Å². The Morgan fingerprint density at radius 2 is 2.00 bits per heavy atom. The van der Waals surface area contributed by atoms with Gasteiger partial charge < -0.3 is 4.74 Å². The number of ether oxygens (including phenoxy) is 1. The van der Waals surface area contributed by atoms with Crippen molar-refractivity contribution >= 4 is 48.5 Å². The minimum absolute atomic E-state index is 0.0865. The number of sulfonamides is 1. The van der Waals surface area contributed by atoms with Crippen LogP contribution in [0.5, 0.6) is 5.75 Å². The molecule has 0 aliphatic carbocycles. The zero-order valence-electron chi connectivity index (χ0n) is 16.3. The number of rotatable bonds is 6. The van der Waals surface area contributed by atoms with Crippen LogP contribution in [0.3, 0.4) is 0 Å². The molecule has 1 aliphatic heterocycles. The minimum atomic E-state index is -3.94. The second-order valence-electron chi connectivity index (χ2n) is 6.63. The van der Waals surface area contributed by atoms with Crippen molar-refractivity contribution in [2.24, 2.45) is 0 Å². The molecule has 0 bridgehead atoms. The summed E-state index contributed by atoms with van der Waals surface area (Å²) in [7, 11) is -3.94. The highest BCUT2D eigenvalue weighted by Gasteiger charge is 2.40. The van der Waals surface area contributed by atoms with E-state index >= 15 is 0 Å². The summed E-state index contributed by atoms with van der Waals surface area (Å²) in [5, 5.41) is 3.08. The van der Waals surface area contributed by atoms with Gasteiger partial charge in [-0.15, -0.1) is 0 Å². The predicted octanol–water partition coefficient (Wildman–Crippen LogP) is 3.50. The van der Waals surface area contributed by atoms with Gasteiger partial charge in [0, 0.05) is 12.1 Å². The molecule has 0 saturated carbocycles. The van der Waals surface area contributed by atoms with Crippen LogP contribution < -0.4 is 10.1 Å². The number of thiazole rings is 1. The number of carbonyl (C=O) groups excluding carboxylic acids is 2. The molecule has 0 fully saturated rings. The number of nitrogens with zero attached hydrogens (tertiary/aromatic N) is 2. The van der Waals surface area contributed by atoms with Crippen LogP contribution in [0.2, 0.25) is 0 Å². The maximum Gasteiger partial charge on any atom is 0.269 e. The normalized spacial score (nSPS) is 14.7. The molecule has 0 spiro atoms. The number of amides is 2. The summed E-state index contributed by atoms with van der Waals surface area (Å²) in [4.78, 5) is 29.3. The topological polar surface area (TPSA) is 106 Å². The number of benzene rings is 2. The first kappa shape index (κ1) is 20.3. The van der Waals surface area contributed by atoms with Gasteiger partial charge in [0.1, 0.15) is 10.6 Å².